The minimum Gasteiger partial charge on any atom is -0.477 e. The van der Waals surface area contributed by atoms with E-state index in [1.165, 1.54) is 16.7 Å². The number of aliphatic carboxylic acids is 1. The van der Waals surface area contributed by atoms with Crippen LogP contribution in [0.3, 0.4) is 0 Å². The zero-order valence-electron chi connectivity index (χ0n) is 11.5. The number of rotatable bonds is 5. The van der Waals surface area contributed by atoms with Gasteiger partial charge in [-0.3, -0.25) is 4.79 Å². The molecule has 1 fully saturated rings. The van der Waals surface area contributed by atoms with Gasteiger partial charge in [-0.05, 0) is 31.9 Å². The molecule has 1 atom stereocenters. The van der Waals surface area contributed by atoms with Crippen molar-refractivity contribution in [3.05, 3.63) is 34.6 Å². The summed E-state index contributed by atoms with van der Waals surface area (Å²) in [4.78, 5) is 27.9. The number of H-pyrrole nitrogens is 1. The Balaban J connectivity index is 2.18. The van der Waals surface area contributed by atoms with Crippen LogP contribution in [0.15, 0.2) is 28.9 Å². The van der Waals surface area contributed by atoms with Crippen LogP contribution < -0.4 is 0 Å². The molecule has 1 aromatic rings. The van der Waals surface area contributed by atoms with Gasteiger partial charge in [0.25, 0.3) is 0 Å². The van der Waals surface area contributed by atoms with Crippen molar-refractivity contribution in [2.75, 3.05) is 6.54 Å². The Morgan fingerprint density at radius 3 is 2.90 bits per heavy atom. The van der Waals surface area contributed by atoms with Gasteiger partial charge >= 0.3 is 5.97 Å². The molecule has 21 heavy (non-hydrogen) atoms. The first-order valence-corrected chi connectivity index (χ1v) is 7.44. The molecule has 0 aromatic carbocycles. The van der Waals surface area contributed by atoms with Gasteiger partial charge in [0.1, 0.15) is 11.1 Å². The maximum absolute atomic E-state index is 12.3. The summed E-state index contributed by atoms with van der Waals surface area (Å²) in [6.07, 6.45) is 3.12. The van der Waals surface area contributed by atoms with E-state index in [0.29, 0.717) is 19.4 Å². The summed E-state index contributed by atoms with van der Waals surface area (Å²) in [7, 11) is 0. The summed E-state index contributed by atoms with van der Waals surface area (Å²) in [6.45, 7) is 2.13. The number of carbonyl (C=O) groups excluding carboxylic acids is 1. The van der Waals surface area contributed by atoms with Gasteiger partial charge in [0, 0.05) is 18.4 Å². The summed E-state index contributed by atoms with van der Waals surface area (Å²) in [6, 6.07) is 5.51. The Kier molecular flexibility index (Phi) is 4.70. The zero-order valence-corrected chi connectivity index (χ0v) is 12.3. The number of amides is 1. The first kappa shape index (κ1) is 15.2. The van der Waals surface area contributed by atoms with Crippen molar-refractivity contribution in [2.24, 2.45) is 0 Å². The fraction of sp³-hybridized carbons (Fsp3) is 0.357. The maximum Gasteiger partial charge on any atom is 0.349 e. The Morgan fingerprint density at radius 1 is 1.62 bits per heavy atom. The van der Waals surface area contributed by atoms with Crippen molar-refractivity contribution in [1.29, 1.82) is 5.26 Å². The molecule has 0 aliphatic carbocycles. The highest BCUT2D eigenvalue weighted by atomic mass is 32.2. The van der Waals surface area contributed by atoms with E-state index in [9.17, 15) is 9.59 Å². The highest BCUT2D eigenvalue weighted by Gasteiger charge is 2.38. The molecule has 2 rings (SSSR count). The smallest absolute Gasteiger partial charge is 0.349 e. The van der Waals surface area contributed by atoms with Gasteiger partial charge in [-0.15, -0.1) is 0 Å². The van der Waals surface area contributed by atoms with Crippen molar-refractivity contribution < 1.29 is 14.7 Å². The molecule has 0 bridgehead atoms. The van der Waals surface area contributed by atoms with Crippen molar-refractivity contribution in [2.45, 2.75) is 25.0 Å². The van der Waals surface area contributed by atoms with Crippen LogP contribution in [0.25, 0.3) is 0 Å². The summed E-state index contributed by atoms with van der Waals surface area (Å²) >= 11 is 1.17. The standard InChI is InChI=1S/C14H15N3O3S/c1-2-17-12(18)11(6-5-9-4-3-7-16-9)21-13(17)10(8-15)14(19)20/h3-4,7,11,16H,2,5-6H2,1H3,(H,19,20). The Bertz CT molecular complexity index is 616. The van der Waals surface area contributed by atoms with Gasteiger partial charge < -0.3 is 15.0 Å². The predicted molar refractivity (Wildman–Crippen MR) is 78.2 cm³/mol. The lowest BCUT2D eigenvalue weighted by Crippen LogP contribution is -2.29. The highest BCUT2D eigenvalue weighted by molar-refractivity contribution is 8.04. The molecule has 1 saturated heterocycles. The van der Waals surface area contributed by atoms with Crippen LogP contribution in [0.4, 0.5) is 0 Å². The van der Waals surface area contributed by atoms with E-state index >= 15 is 0 Å². The van der Waals surface area contributed by atoms with Crippen molar-refractivity contribution in [3.8, 4) is 6.07 Å². The SMILES string of the molecule is CCN1C(=O)C(CCc2ccc[nH]2)SC1=C(C#N)C(=O)O. The monoisotopic (exact) mass is 305 g/mol. The molecule has 1 amide bonds. The lowest BCUT2D eigenvalue weighted by molar-refractivity contribution is -0.132. The fourth-order valence-electron chi connectivity index (χ4n) is 2.20. The second-order valence-electron chi connectivity index (χ2n) is 4.52. The second kappa shape index (κ2) is 6.50. The molecule has 1 unspecified atom stereocenters. The first-order chi connectivity index (χ1) is 10.1. The number of aromatic nitrogens is 1. The molecule has 7 heteroatoms. The fourth-order valence-corrected chi connectivity index (χ4v) is 3.53. The molecular formula is C14H15N3O3S. The molecule has 110 valence electrons. The quantitative estimate of drug-likeness (QED) is 0.638. The van der Waals surface area contributed by atoms with E-state index in [4.69, 9.17) is 10.4 Å². The normalized spacial score (nSPS) is 20.5. The largest absolute Gasteiger partial charge is 0.477 e. The predicted octanol–water partition coefficient (Wildman–Crippen LogP) is 1.73. The van der Waals surface area contributed by atoms with Crippen LogP contribution in [0.1, 0.15) is 19.0 Å². The van der Waals surface area contributed by atoms with Crippen LogP contribution in [-0.4, -0.2) is 38.7 Å². The molecule has 0 spiro atoms. The molecular weight excluding hydrogens is 290 g/mol. The van der Waals surface area contributed by atoms with Crippen LogP contribution in [0, 0.1) is 11.3 Å². The van der Waals surface area contributed by atoms with Crippen LogP contribution in [0.2, 0.25) is 0 Å². The van der Waals surface area contributed by atoms with Gasteiger partial charge in [-0.2, -0.15) is 5.26 Å². The third kappa shape index (κ3) is 3.11. The van der Waals surface area contributed by atoms with Gasteiger partial charge in [0.2, 0.25) is 5.91 Å². The van der Waals surface area contributed by atoms with E-state index < -0.39 is 5.97 Å². The van der Waals surface area contributed by atoms with Crippen LogP contribution >= 0.6 is 11.8 Å². The minimum atomic E-state index is -1.30. The average molecular weight is 305 g/mol. The first-order valence-electron chi connectivity index (χ1n) is 6.56. The average Bonchev–Trinajstić information content (AvgIpc) is 3.05. The third-order valence-electron chi connectivity index (χ3n) is 3.23. The molecule has 1 aromatic heterocycles. The Hall–Kier alpha value is -2.20. The number of thioether (sulfide) groups is 1. The number of hydrogen-bond acceptors (Lipinski definition) is 4. The number of aryl methyl sites for hydroxylation is 1. The number of carboxylic acid groups (broad SMARTS) is 1. The summed E-state index contributed by atoms with van der Waals surface area (Å²) in [5.41, 5.74) is 0.667. The van der Waals surface area contributed by atoms with Crippen LogP contribution in [-0.2, 0) is 16.0 Å². The zero-order chi connectivity index (χ0) is 15.4. The summed E-state index contributed by atoms with van der Waals surface area (Å²) in [5, 5.41) is 18.0. The van der Waals surface area contributed by atoms with Crippen molar-refractivity contribution in [1.82, 2.24) is 9.88 Å². The van der Waals surface area contributed by atoms with Gasteiger partial charge in [-0.1, -0.05) is 11.8 Å². The van der Waals surface area contributed by atoms with E-state index in [0.717, 1.165) is 5.69 Å². The van der Waals surface area contributed by atoms with E-state index in [2.05, 4.69) is 4.98 Å². The number of nitrogens with one attached hydrogen (secondary N) is 1. The molecule has 1 aliphatic heterocycles. The Morgan fingerprint density at radius 2 is 2.38 bits per heavy atom. The third-order valence-corrected chi connectivity index (χ3v) is 4.60. The highest BCUT2D eigenvalue weighted by Crippen LogP contribution is 2.39. The second-order valence-corrected chi connectivity index (χ2v) is 5.71. The van der Waals surface area contributed by atoms with Gasteiger partial charge in [-0.25, -0.2) is 4.79 Å². The topological polar surface area (TPSA) is 97.2 Å². The number of nitrogens with zero attached hydrogens (tertiary/aromatic N) is 2. The van der Waals surface area contributed by atoms with Crippen LogP contribution in [0.5, 0.6) is 0 Å². The summed E-state index contributed by atoms with van der Waals surface area (Å²) < 4.78 is 0. The summed E-state index contributed by atoms with van der Waals surface area (Å²) in [5.74, 6) is -1.42. The Labute approximate surface area is 126 Å². The van der Waals surface area contributed by atoms with Gasteiger partial charge in [0.15, 0.2) is 5.57 Å². The van der Waals surface area contributed by atoms with Gasteiger partial charge in [0.05, 0.1) is 5.25 Å². The van der Waals surface area contributed by atoms with Crippen molar-refractivity contribution in [3.63, 3.8) is 0 Å². The molecule has 2 heterocycles. The van der Waals surface area contributed by atoms with Crippen molar-refractivity contribution >= 4 is 23.6 Å². The molecule has 0 saturated carbocycles. The number of carboxylic acids is 1. The lowest BCUT2D eigenvalue weighted by atomic mass is 10.1. The molecule has 6 nitrogen and oxygen atoms in total. The lowest BCUT2D eigenvalue weighted by Gasteiger charge is -2.14. The van der Waals surface area contributed by atoms with E-state index in [-0.39, 0.29) is 21.8 Å². The van der Waals surface area contributed by atoms with E-state index in [1.807, 2.05) is 18.3 Å². The minimum absolute atomic E-state index is 0.127. The number of hydrogen-bond donors (Lipinski definition) is 2. The molecule has 0 radical (unpaired) electrons. The molecule has 2 N–H and O–H groups in total. The molecule has 1 aliphatic rings. The number of nitriles is 1. The van der Waals surface area contributed by atoms with E-state index in [1.54, 1.807) is 13.0 Å². The maximum atomic E-state index is 12.3. The number of carbonyl (C=O) groups is 2. The number of aromatic amines is 1.